The van der Waals surface area contributed by atoms with Crippen molar-refractivity contribution in [1.29, 1.82) is 0 Å². The molecule has 0 aromatic carbocycles. The molecule has 0 aliphatic carbocycles. The first-order chi connectivity index (χ1) is 10.3. The number of hydrogen-bond donors (Lipinski definition) is 2. The highest BCUT2D eigenvalue weighted by atomic mass is 16.5. The first-order valence-corrected chi connectivity index (χ1v) is 7.93. The van der Waals surface area contributed by atoms with E-state index in [2.05, 4.69) is 22.5 Å². The van der Waals surface area contributed by atoms with E-state index in [0.717, 1.165) is 58.1 Å². The Bertz CT molecular complexity index is 238. The molecule has 0 bridgehead atoms. The molecule has 126 valence electrons. The third kappa shape index (κ3) is 15.4. The van der Waals surface area contributed by atoms with Crippen molar-refractivity contribution in [2.75, 3.05) is 60.3 Å². The van der Waals surface area contributed by atoms with Gasteiger partial charge in [-0.05, 0) is 32.6 Å². The largest absolute Gasteiger partial charge is 0.385 e. The summed E-state index contributed by atoms with van der Waals surface area (Å²) >= 11 is 0. The highest BCUT2D eigenvalue weighted by Gasteiger charge is 1.96. The van der Waals surface area contributed by atoms with Crippen LogP contribution in [-0.2, 0) is 14.2 Å². The zero-order valence-electron chi connectivity index (χ0n) is 14.0. The summed E-state index contributed by atoms with van der Waals surface area (Å²) < 4.78 is 15.4. The molecule has 0 aromatic rings. The normalized spacial score (nSPS) is 11.7. The lowest BCUT2D eigenvalue weighted by molar-refractivity contribution is 0.0702. The number of unbranched alkanes of at least 4 members (excludes halogenated alkanes) is 2. The van der Waals surface area contributed by atoms with Crippen molar-refractivity contribution >= 4 is 5.96 Å². The summed E-state index contributed by atoms with van der Waals surface area (Å²) in [5.41, 5.74) is 0. The Morgan fingerprint density at radius 2 is 1.67 bits per heavy atom. The molecule has 0 fully saturated rings. The molecule has 0 saturated carbocycles. The summed E-state index contributed by atoms with van der Waals surface area (Å²) in [5.74, 6) is 0.890. The minimum atomic E-state index is 0.649. The summed E-state index contributed by atoms with van der Waals surface area (Å²) in [6.45, 7) is 7.53. The molecule has 0 aliphatic rings. The van der Waals surface area contributed by atoms with Gasteiger partial charge in [-0.15, -0.1) is 0 Å². The van der Waals surface area contributed by atoms with Crippen LogP contribution >= 0.6 is 0 Å². The molecule has 0 spiro atoms. The number of rotatable bonds is 14. The van der Waals surface area contributed by atoms with Crippen LogP contribution in [0.1, 0.15) is 32.6 Å². The van der Waals surface area contributed by atoms with Gasteiger partial charge in [0.2, 0.25) is 0 Å². The third-order valence-electron chi connectivity index (χ3n) is 2.81. The molecule has 0 rings (SSSR count). The topological polar surface area (TPSA) is 64.1 Å². The number of aliphatic imine (C=N–C) groups is 1. The van der Waals surface area contributed by atoms with Crippen LogP contribution < -0.4 is 10.6 Å². The molecular formula is C15H33N3O3. The van der Waals surface area contributed by atoms with Crippen LogP contribution in [0, 0.1) is 0 Å². The maximum Gasteiger partial charge on any atom is 0.191 e. The van der Waals surface area contributed by atoms with Crippen molar-refractivity contribution in [3.05, 3.63) is 0 Å². The molecular weight excluding hydrogens is 270 g/mol. The number of nitrogens with one attached hydrogen (secondary N) is 2. The molecule has 2 N–H and O–H groups in total. The highest BCUT2D eigenvalue weighted by molar-refractivity contribution is 5.79. The molecule has 6 heteroatoms. The fourth-order valence-electron chi connectivity index (χ4n) is 1.70. The molecule has 0 saturated heterocycles. The second-order valence-electron chi connectivity index (χ2n) is 4.70. The summed E-state index contributed by atoms with van der Waals surface area (Å²) in [6, 6.07) is 0. The van der Waals surface area contributed by atoms with E-state index in [1.54, 1.807) is 14.2 Å². The lowest BCUT2D eigenvalue weighted by atomic mass is 10.2. The van der Waals surface area contributed by atoms with Gasteiger partial charge in [0.1, 0.15) is 0 Å². The Morgan fingerprint density at radius 3 is 2.38 bits per heavy atom. The summed E-state index contributed by atoms with van der Waals surface area (Å²) in [5, 5.41) is 6.60. The minimum absolute atomic E-state index is 0.649. The molecule has 0 aromatic heterocycles. The quantitative estimate of drug-likeness (QED) is 0.289. The van der Waals surface area contributed by atoms with Crippen LogP contribution in [-0.4, -0.2) is 66.2 Å². The lowest BCUT2D eigenvalue weighted by Gasteiger charge is -2.11. The van der Waals surface area contributed by atoms with E-state index in [4.69, 9.17) is 14.2 Å². The Morgan fingerprint density at radius 1 is 0.857 bits per heavy atom. The van der Waals surface area contributed by atoms with Gasteiger partial charge in [0.15, 0.2) is 5.96 Å². The summed E-state index contributed by atoms with van der Waals surface area (Å²) in [7, 11) is 3.42. The predicted octanol–water partition coefficient (Wildman–Crippen LogP) is 1.41. The standard InChI is InChI=1S/C15H33N3O3/c1-4-16-15(17-9-6-5-7-11-19-2)18-10-8-12-21-14-13-20-3/h4-14H2,1-3H3,(H2,16,17,18). The Balaban J connectivity index is 3.61. The molecule has 0 amide bonds. The Labute approximate surface area is 129 Å². The van der Waals surface area contributed by atoms with Gasteiger partial charge < -0.3 is 24.8 Å². The van der Waals surface area contributed by atoms with Gasteiger partial charge in [-0.1, -0.05) is 0 Å². The number of methoxy groups -OCH3 is 2. The Kier molecular flexibility index (Phi) is 16.5. The Hall–Kier alpha value is -0.850. The highest BCUT2D eigenvalue weighted by Crippen LogP contribution is 1.93. The van der Waals surface area contributed by atoms with Gasteiger partial charge >= 0.3 is 0 Å². The maximum atomic E-state index is 5.40. The monoisotopic (exact) mass is 303 g/mol. The zero-order valence-corrected chi connectivity index (χ0v) is 14.0. The summed E-state index contributed by atoms with van der Waals surface area (Å²) in [6.07, 6.45) is 4.35. The van der Waals surface area contributed by atoms with Crippen molar-refractivity contribution in [2.45, 2.75) is 32.6 Å². The predicted molar refractivity (Wildman–Crippen MR) is 87.0 cm³/mol. The van der Waals surface area contributed by atoms with Gasteiger partial charge in [-0.25, -0.2) is 0 Å². The maximum absolute atomic E-state index is 5.40. The SMILES string of the molecule is CCNC(=NCCCOCCOC)NCCCCCOC. The van der Waals surface area contributed by atoms with Crippen LogP contribution in [0.2, 0.25) is 0 Å². The average Bonchev–Trinajstić information content (AvgIpc) is 2.49. The second kappa shape index (κ2) is 17.2. The van der Waals surface area contributed by atoms with Crippen molar-refractivity contribution < 1.29 is 14.2 Å². The van der Waals surface area contributed by atoms with Gasteiger partial charge in [-0.2, -0.15) is 0 Å². The van der Waals surface area contributed by atoms with Crippen LogP contribution in [0.25, 0.3) is 0 Å². The molecule has 0 unspecified atom stereocenters. The fraction of sp³-hybridized carbons (Fsp3) is 0.933. The lowest BCUT2D eigenvalue weighted by Crippen LogP contribution is -2.37. The molecule has 6 nitrogen and oxygen atoms in total. The van der Waals surface area contributed by atoms with Gasteiger partial charge in [0.05, 0.1) is 13.2 Å². The van der Waals surface area contributed by atoms with E-state index < -0.39 is 0 Å². The van der Waals surface area contributed by atoms with Crippen molar-refractivity contribution in [3.63, 3.8) is 0 Å². The minimum Gasteiger partial charge on any atom is -0.385 e. The zero-order chi connectivity index (χ0) is 15.6. The van der Waals surface area contributed by atoms with Crippen molar-refractivity contribution in [3.8, 4) is 0 Å². The van der Waals surface area contributed by atoms with E-state index in [1.807, 2.05) is 0 Å². The molecule has 0 aliphatic heterocycles. The number of ether oxygens (including phenoxy) is 3. The number of hydrogen-bond acceptors (Lipinski definition) is 4. The first-order valence-electron chi connectivity index (χ1n) is 7.93. The van der Waals surface area contributed by atoms with Gasteiger partial charge in [-0.3, -0.25) is 4.99 Å². The van der Waals surface area contributed by atoms with Gasteiger partial charge in [0, 0.05) is 47.1 Å². The van der Waals surface area contributed by atoms with E-state index >= 15 is 0 Å². The first kappa shape index (κ1) is 20.1. The molecule has 21 heavy (non-hydrogen) atoms. The number of guanidine groups is 1. The fourth-order valence-corrected chi connectivity index (χ4v) is 1.70. The molecule has 0 radical (unpaired) electrons. The van der Waals surface area contributed by atoms with Crippen LogP contribution in [0.5, 0.6) is 0 Å². The number of nitrogens with zero attached hydrogens (tertiary/aromatic N) is 1. The third-order valence-corrected chi connectivity index (χ3v) is 2.81. The van der Waals surface area contributed by atoms with E-state index in [9.17, 15) is 0 Å². The van der Waals surface area contributed by atoms with Crippen LogP contribution in [0.4, 0.5) is 0 Å². The average molecular weight is 303 g/mol. The molecule has 0 heterocycles. The second-order valence-corrected chi connectivity index (χ2v) is 4.70. The smallest absolute Gasteiger partial charge is 0.191 e. The van der Waals surface area contributed by atoms with Crippen molar-refractivity contribution in [2.24, 2.45) is 4.99 Å². The van der Waals surface area contributed by atoms with E-state index in [-0.39, 0.29) is 0 Å². The van der Waals surface area contributed by atoms with E-state index in [1.165, 1.54) is 6.42 Å². The molecule has 0 atom stereocenters. The summed E-state index contributed by atoms with van der Waals surface area (Å²) in [4.78, 5) is 4.52. The van der Waals surface area contributed by atoms with Crippen molar-refractivity contribution in [1.82, 2.24) is 10.6 Å². The van der Waals surface area contributed by atoms with Crippen LogP contribution in [0.15, 0.2) is 4.99 Å². The van der Waals surface area contributed by atoms with E-state index in [0.29, 0.717) is 13.2 Å². The van der Waals surface area contributed by atoms with Gasteiger partial charge in [0.25, 0.3) is 0 Å². The van der Waals surface area contributed by atoms with Crippen LogP contribution in [0.3, 0.4) is 0 Å².